The number of fused-ring (bicyclic) bond motifs is 1. The first-order valence-electron chi connectivity index (χ1n) is 4.22. The van der Waals surface area contributed by atoms with Crippen molar-refractivity contribution in [3.8, 4) is 0 Å². The molecule has 3 N–H and O–H groups in total. The van der Waals surface area contributed by atoms with Gasteiger partial charge in [-0.25, -0.2) is 0 Å². The highest BCUT2D eigenvalue weighted by atomic mass is 32.2. The van der Waals surface area contributed by atoms with E-state index in [9.17, 15) is 5.11 Å². The van der Waals surface area contributed by atoms with Crippen molar-refractivity contribution < 1.29 is 5.11 Å². The average molecular weight is 225 g/mol. The van der Waals surface area contributed by atoms with E-state index in [2.05, 4.69) is 0 Å². The quantitative estimate of drug-likeness (QED) is 0.610. The van der Waals surface area contributed by atoms with E-state index in [-0.39, 0.29) is 6.61 Å². The van der Waals surface area contributed by atoms with Crippen LogP contribution < -0.4 is 5.73 Å². The molecule has 0 unspecified atom stereocenters. The first-order chi connectivity index (χ1) is 6.77. The van der Waals surface area contributed by atoms with Gasteiger partial charge in [-0.05, 0) is 18.4 Å². The van der Waals surface area contributed by atoms with Gasteiger partial charge in [0.1, 0.15) is 0 Å². The van der Waals surface area contributed by atoms with Crippen molar-refractivity contribution in [1.82, 2.24) is 0 Å². The van der Waals surface area contributed by atoms with E-state index >= 15 is 0 Å². The Bertz CT molecular complexity index is 464. The second-order valence-electron chi connectivity index (χ2n) is 2.95. The molecule has 74 valence electrons. The van der Waals surface area contributed by atoms with Gasteiger partial charge in [-0.1, -0.05) is 6.07 Å². The average Bonchev–Trinajstić information content (AvgIpc) is 2.56. The highest BCUT2D eigenvalue weighted by molar-refractivity contribution is 8.00. The topological polar surface area (TPSA) is 46.2 Å². The van der Waals surface area contributed by atoms with E-state index in [1.165, 1.54) is 0 Å². The van der Waals surface area contributed by atoms with Crippen LogP contribution in [0.4, 0.5) is 5.69 Å². The highest BCUT2D eigenvalue weighted by Gasteiger charge is 2.12. The monoisotopic (exact) mass is 225 g/mol. The Morgan fingerprint density at radius 3 is 2.93 bits per heavy atom. The first kappa shape index (κ1) is 9.83. The number of nitrogens with two attached hydrogens (primary N) is 1. The zero-order valence-corrected chi connectivity index (χ0v) is 9.41. The van der Waals surface area contributed by atoms with Gasteiger partial charge in [-0.15, -0.1) is 23.1 Å². The third-order valence-corrected chi connectivity index (χ3v) is 4.51. The molecule has 2 aromatic rings. The summed E-state index contributed by atoms with van der Waals surface area (Å²) in [5.74, 6) is 0. The third-order valence-electron chi connectivity index (χ3n) is 2.15. The predicted octanol–water partition coefficient (Wildman–Crippen LogP) is 2.70. The number of benzene rings is 1. The molecule has 4 heteroatoms. The Hall–Kier alpha value is -0.710. The maximum absolute atomic E-state index is 9.30. The number of thioether (sulfide) groups is 1. The summed E-state index contributed by atoms with van der Waals surface area (Å²) in [7, 11) is 0. The van der Waals surface area contributed by atoms with Crippen LogP contribution in [0.3, 0.4) is 0 Å². The number of rotatable bonds is 2. The largest absolute Gasteiger partial charge is 0.398 e. The van der Waals surface area contributed by atoms with Crippen LogP contribution in [0.25, 0.3) is 10.1 Å². The van der Waals surface area contributed by atoms with Crippen LogP contribution in [-0.2, 0) is 6.61 Å². The van der Waals surface area contributed by atoms with Crippen LogP contribution in [0, 0.1) is 0 Å². The molecule has 0 fully saturated rings. The standard InChI is InChI=1S/C10H11NOS2/c1-13-10-6(5-12)9-7(11)3-2-4-8(9)14-10/h2-4,12H,5,11H2,1H3. The van der Waals surface area contributed by atoms with E-state index < -0.39 is 0 Å². The molecule has 0 aliphatic heterocycles. The van der Waals surface area contributed by atoms with E-state index in [0.29, 0.717) is 0 Å². The third kappa shape index (κ3) is 1.39. The summed E-state index contributed by atoms with van der Waals surface area (Å²) >= 11 is 3.34. The Morgan fingerprint density at radius 2 is 2.29 bits per heavy atom. The van der Waals surface area contributed by atoms with Crippen LogP contribution in [0.15, 0.2) is 22.4 Å². The number of hydrogen-bond acceptors (Lipinski definition) is 4. The first-order valence-corrected chi connectivity index (χ1v) is 6.26. The molecule has 0 atom stereocenters. The molecular weight excluding hydrogens is 214 g/mol. The normalized spacial score (nSPS) is 11.0. The Labute approximate surface area is 90.7 Å². The highest BCUT2D eigenvalue weighted by Crippen LogP contribution is 2.39. The summed E-state index contributed by atoms with van der Waals surface area (Å²) in [6, 6.07) is 5.85. The van der Waals surface area contributed by atoms with Gasteiger partial charge in [-0.2, -0.15) is 0 Å². The fourth-order valence-electron chi connectivity index (χ4n) is 1.53. The summed E-state index contributed by atoms with van der Waals surface area (Å²) in [4.78, 5) is 0. The maximum Gasteiger partial charge on any atom is 0.0708 e. The minimum absolute atomic E-state index is 0.0599. The lowest BCUT2D eigenvalue weighted by molar-refractivity contribution is 0.281. The van der Waals surface area contributed by atoms with Crippen LogP contribution in [-0.4, -0.2) is 11.4 Å². The van der Waals surface area contributed by atoms with Gasteiger partial charge in [0.05, 0.1) is 10.8 Å². The molecule has 1 heterocycles. The molecule has 0 saturated heterocycles. The summed E-state index contributed by atoms with van der Waals surface area (Å²) in [6.07, 6.45) is 2.01. The molecule has 0 amide bonds. The zero-order valence-electron chi connectivity index (χ0n) is 7.78. The summed E-state index contributed by atoms with van der Waals surface area (Å²) in [5.41, 5.74) is 7.61. The number of aliphatic hydroxyl groups excluding tert-OH is 1. The molecule has 0 bridgehead atoms. The van der Waals surface area contributed by atoms with E-state index in [1.54, 1.807) is 23.1 Å². The fourth-order valence-corrected chi connectivity index (χ4v) is 3.52. The van der Waals surface area contributed by atoms with Gasteiger partial charge < -0.3 is 10.8 Å². The minimum atomic E-state index is 0.0599. The van der Waals surface area contributed by atoms with Crippen molar-refractivity contribution in [3.05, 3.63) is 23.8 Å². The van der Waals surface area contributed by atoms with Crippen molar-refractivity contribution in [2.75, 3.05) is 12.0 Å². The lowest BCUT2D eigenvalue weighted by Crippen LogP contribution is -1.88. The molecule has 0 spiro atoms. The predicted molar refractivity (Wildman–Crippen MR) is 63.9 cm³/mol. The maximum atomic E-state index is 9.30. The minimum Gasteiger partial charge on any atom is -0.398 e. The summed E-state index contributed by atoms with van der Waals surface area (Å²) in [5, 5.41) is 10.3. The second-order valence-corrected chi connectivity index (χ2v) is 5.08. The van der Waals surface area contributed by atoms with Crippen molar-refractivity contribution in [1.29, 1.82) is 0 Å². The molecule has 0 radical (unpaired) electrons. The Kier molecular flexibility index (Phi) is 2.67. The number of thiophene rings is 1. The molecule has 0 aliphatic carbocycles. The molecule has 14 heavy (non-hydrogen) atoms. The van der Waals surface area contributed by atoms with Crippen molar-refractivity contribution in [2.45, 2.75) is 10.8 Å². The summed E-state index contributed by atoms with van der Waals surface area (Å²) in [6.45, 7) is 0.0599. The molecule has 0 aliphatic rings. The van der Waals surface area contributed by atoms with Gasteiger partial charge in [0.25, 0.3) is 0 Å². The SMILES string of the molecule is CSc1sc2cccc(N)c2c1CO. The van der Waals surface area contributed by atoms with Gasteiger partial charge in [0.2, 0.25) is 0 Å². The Balaban J connectivity index is 2.81. The molecule has 0 saturated carbocycles. The van der Waals surface area contributed by atoms with Gasteiger partial charge in [0, 0.05) is 21.3 Å². The molecule has 2 nitrogen and oxygen atoms in total. The van der Waals surface area contributed by atoms with Crippen molar-refractivity contribution >= 4 is 38.9 Å². The zero-order chi connectivity index (χ0) is 10.1. The van der Waals surface area contributed by atoms with Crippen LogP contribution in [0.2, 0.25) is 0 Å². The molecule has 2 rings (SSSR count). The van der Waals surface area contributed by atoms with Crippen molar-refractivity contribution in [3.63, 3.8) is 0 Å². The van der Waals surface area contributed by atoms with Crippen LogP contribution in [0.1, 0.15) is 5.56 Å². The van der Waals surface area contributed by atoms with Crippen LogP contribution >= 0.6 is 23.1 Å². The summed E-state index contributed by atoms with van der Waals surface area (Å²) < 4.78 is 2.30. The Morgan fingerprint density at radius 1 is 1.50 bits per heavy atom. The second kappa shape index (κ2) is 3.81. The number of anilines is 1. The molecule has 1 aromatic carbocycles. The van der Waals surface area contributed by atoms with E-state index in [1.807, 2.05) is 24.5 Å². The van der Waals surface area contributed by atoms with Crippen LogP contribution in [0.5, 0.6) is 0 Å². The molecular formula is C10H11NOS2. The number of hydrogen-bond donors (Lipinski definition) is 2. The van der Waals surface area contributed by atoms with Gasteiger partial charge in [0.15, 0.2) is 0 Å². The van der Waals surface area contributed by atoms with Crippen molar-refractivity contribution in [2.24, 2.45) is 0 Å². The molecule has 1 aromatic heterocycles. The van der Waals surface area contributed by atoms with E-state index in [0.717, 1.165) is 25.5 Å². The van der Waals surface area contributed by atoms with Gasteiger partial charge >= 0.3 is 0 Å². The lowest BCUT2D eigenvalue weighted by Gasteiger charge is -1.99. The lowest BCUT2D eigenvalue weighted by atomic mass is 10.1. The number of nitrogen functional groups attached to an aromatic ring is 1. The smallest absolute Gasteiger partial charge is 0.0708 e. The fraction of sp³-hybridized carbons (Fsp3) is 0.200. The van der Waals surface area contributed by atoms with E-state index in [4.69, 9.17) is 5.73 Å². The van der Waals surface area contributed by atoms with Gasteiger partial charge in [-0.3, -0.25) is 0 Å². The number of aliphatic hydroxyl groups is 1.